The molecule has 0 fully saturated rings. The second kappa shape index (κ2) is 16.9. The predicted molar refractivity (Wildman–Crippen MR) is 178 cm³/mol. The van der Waals surface area contributed by atoms with Gasteiger partial charge in [-0.3, -0.25) is 0 Å². The Morgan fingerprint density at radius 1 is 0.826 bits per heavy atom. The van der Waals surface area contributed by atoms with Crippen LogP contribution in [0.15, 0.2) is 72.1 Å². The SMILES string of the molecule is C.COc1ccc(CN(c2ncns2)S(=O)(=O)c2ccc(F)c(Cl)c2)c(OC)c1.COc1ccc(CNc2ncns2)c(OC)c1. The molecule has 12 nitrogen and oxygen atoms in total. The first-order chi connectivity index (χ1) is 21.7. The predicted octanol–water partition coefficient (Wildman–Crippen LogP) is 6.55. The average Bonchev–Trinajstić information content (AvgIpc) is 3.79. The van der Waals surface area contributed by atoms with Crippen molar-refractivity contribution in [1.82, 2.24) is 18.7 Å². The fraction of sp³-hybridized carbons (Fsp3) is 0.241. The summed E-state index contributed by atoms with van der Waals surface area (Å²) in [6.45, 7) is 0.558. The third-order valence-electron chi connectivity index (χ3n) is 6.14. The zero-order valence-corrected chi connectivity index (χ0v) is 27.6. The molecule has 0 amide bonds. The first-order valence-corrected chi connectivity index (χ1v) is 16.2. The molecule has 2 heterocycles. The maximum atomic E-state index is 13.5. The molecule has 0 saturated heterocycles. The van der Waals surface area contributed by atoms with Crippen molar-refractivity contribution in [3.8, 4) is 23.0 Å². The number of rotatable bonds is 12. The molecule has 0 saturated carbocycles. The lowest BCUT2D eigenvalue weighted by Gasteiger charge is -2.22. The minimum atomic E-state index is -4.10. The number of nitrogens with one attached hydrogen (secondary N) is 1. The van der Waals surface area contributed by atoms with E-state index in [4.69, 9.17) is 30.5 Å². The zero-order chi connectivity index (χ0) is 32.4. The van der Waals surface area contributed by atoms with Crippen molar-refractivity contribution in [2.45, 2.75) is 25.4 Å². The Bertz CT molecular complexity index is 1800. The van der Waals surface area contributed by atoms with E-state index in [-0.39, 0.29) is 29.0 Å². The van der Waals surface area contributed by atoms with Crippen LogP contribution in [-0.4, -0.2) is 55.6 Å². The summed E-state index contributed by atoms with van der Waals surface area (Å²) in [6, 6.07) is 14.0. The van der Waals surface area contributed by atoms with Gasteiger partial charge < -0.3 is 24.3 Å². The minimum absolute atomic E-state index is 0. The van der Waals surface area contributed by atoms with Crippen LogP contribution in [0.25, 0.3) is 0 Å². The maximum absolute atomic E-state index is 13.5. The Balaban J connectivity index is 0.000000274. The molecule has 3 aromatic carbocycles. The van der Waals surface area contributed by atoms with Gasteiger partial charge in [-0.1, -0.05) is 19.0 Å². The maximum Gasteiger partial charge on any atom is 0.266 e. The fourth-order valence-electron chi connectivity index (χ4n) is 3.85. The van der Waals surface area contributed by atoms with Crippen LogP contribution in [0, 0.1) is 5.82 Å². The molecule has 1 N–H and O–H groups in total. The summed E-state index contributed by atoms with van der Waals surface area (Å²) < 4.78 is 69.8. The molecule has 5 rings (SSSR count). The highest BCUT2D eigenvalue weighted by molar-refractivity contribution is 7.93. The Kier molecular flexibility index (Phi) is 13.3. The molecule has 5 aromatic rings. The number of methoxy groups -OCH3 is 4. The van der Waals surface area contributed by atoms with Crippen LogP contribution in [0.5, 0.6) is 23.0 Å². The van der Waals surface area contributed by atoms with E-state index in [2.05, 4.69) is 24.0 Å². The van der Waals surface area contributed by atoms with Gasteiger partial charge in [0.15, 0.2) is 0 Å². The van der Waals surface area contributed by atoms with Crippen LogP contribution in [0.1, 0.15) is 18.6 Å². The van der Waals surface area contributed by atoms with Gasteiger partial charge in [-0.2, -0.15) is 8.75 Å². The lowest BCUT2D eigenvalue weighted by atomic mass is 10.2. The van der Waals surface area contributed by atoms with E-state index in [0.717, 1.165) is 56.2 Å². The van der Waals surface area contributed by atoms with Crippen molar-refractivity contribution in [3.05, 3.63) is 89.2 Å². The largest absolute Gasteiger partial charge is 0.497 e. The van der Waals surface area contributed by atoms with E-state index in [9.17, 15) is 12.8 Å². The van der Waals surface area contributed by atoms with Gasteiger partial charge in [0.05, 0.1) is 44.9 Å². The van der Waals surface area contributed by atoms with E-state index in [1.807, 2.05) is 18.2 Å². The summed E-state index contributed by atoms with van der Waals surface area (Å²) in [7, 11) is 2.17. The lowest BCUT2D eigenvalue weighted by molar-refractivity contribution is 0.391. The van der Waals surface area contributed by atoms with Crippen molar-refractivity contribution in [2.75, 3.05) is 38.1 Å². The van der Waals surface area contributed by atoms with Gasteiger partial charge in [0.2, 0.25) is 10.3 Å². The number of sulfonamides is 1. The average molecular weight is 711 g/mol. The molecule has 46 heavy (non-hydrogen) atoms. The summed E-state index contributed by atoms with van der Waals surface area (Å²) >= 11 is 8.01. The molecule has 0 unspecified atom stereocenters. The van der Waals surface area contributed by atoms with E-state index in [0.29, 0.717) is 23.6 Å². The van der Waals surface area contributed by atoms with Gasteiger partial charge in [-0.15, -0.1) is 0 Å². The molecule has 0 aliphatic rings. The van der Waals surface area contributed by atoms with Gasteiger partial charge in [0.1, 0.15) is 41.5 Å². The molecule has 0 spiro atoms. The van der Waals surface area contributed by atoms with E-state index >= 15 is 0 Å². The van der Waals surface area contributed by atoms with Gasteiger partial charge in [-0.05, 0) is 42.5 Å². The molecule has 2 aromatic heterocycles. The van der Waals surface area contributed by atoms with Crippen LogP contribution in [0.2, 0.25) is 5.02 Å². The van der Waals surface area contributed by atoms with Crippen LogP contribution >= 0.6 is 34.7 Å². The van der Waals surface area contributed by atoms with Gasteiger partial charge in [-0.25, -0.2) is 27.1 Å². The normalized spacial score (nSPS) is 10.6. The van der Waals surface area contributed by atoms with Crippen molar-refractivity contribution in [3.63, 3.8) is 0 Å². The van der Waals surface area contributed by atoms with Crippen LogP contribution < -0.4 is 28.6 Å². The Morgan fingerprint density at radius 2 is 1.43 bits per heavy atom. The molecule has 17 heteroatoms. The molecule has 0 aliphatic carbocycles. The first kappa shape index (κ1) is 36.2. The van der Waals surface area contributed by atoms with Gasteiger partial charge >= 0.3 is 0 Å². The van der Waals surface area contributed by atoms with E-state index < -0.39 is 15.8 Å². The summed E-state index contributed by atoms with van der Waals surface area (Å²) in [5.74, 6) is 1.88. The molecule has 0 aliphatic heterocycles. The number of aromatic nitrogens is 4. The number of hydrogen-bond acceptors (Lipinski definition) is 13. The summed E-state index contributed by atoms with van der Waals surface area (Å²) in [5.41, 5.74) is 1.62. The molecular formula is C29H32ClFN6O6S3. The van der Waals surface area contributed by atoms with Crippen LogP contribution in [-0.2, 0) is 23.1 Å². The van der Waals surface area contributed by atoms with Crippen molar-refractivity contribution in [1.29, 1.82) is 0 Å². The van der Waals surface area contributed by atoms with Crippen LogP contribution in [0.3, 0.4) is 0 Å². The number of benzene rings is 3. The minimum Gasteiger partial charge on any atom is -0.497 e. The van der Waals surface area contributed by atoms with Gasteiger partial charge in [0.25, 0.3) is 10.0 Å². The third kappa shape index (κ3) is 8.93. The molecule has 0 radical (unpaired) electrons. The number of hydrogen-bond donors (Lipinski definition) is 1. The summed E-state index contributed by atoms with van der Waals surface area (Å²) in [5, 5.41) is 3.83. The second-order valence-electron chi connectivity index (χ2n) is 8.77. The Labute approximate surface area is 280 Å². The van der Waals surface area contributed by atoms with Crippen LogP contribution in [0.4, 0.5) is 14.7 Å². The smallest absolute Gasteiger partial charge is 0.266 e. The Morgan fingerprint density at radius 3 is 1.98 bits per heavy atom. The first-order valence-electron chi connectivity index (χ1n) is 12.9. The molecule has 0 atom stereocenters. The summed E-state index contributed by atoms with van der Waals surface area (Å²) in [6.07, 6.45) is 2.78. The van der Waals surface area contributed by atoms with Crippen molar-refractivity contribution >= 4 is 55.0 Å². The topological polar surface area (TPSA) is 138 Å². The van der Waals surface area contributed by atoms with E-state index in [1.54, 1.807) is 32.4 Å². The Hall–Kier alpha value is -4.25. The fourth-order valence-corrected chi connectivity index (χ4v) is 6.68. The molecule has 246 valence electrons. The summed E-state index contributed by atoms with van der Waals surface area (Å²) in [4.78, 5) is 7.90. The number of ether oxygens (including phenoxy) is 4. The molecular weight excluding hydrogens is 679 g/mol. The van der Waals surface area contributed by atoms with E-state index in [1.165, 1.54) is 38.4 Å². The highest BCUT2D eigenvalue weighted by atomic mass is 35.5. The highest BCUT2D eigenvalue weighted by Crippen LogP contribution is 2.32. The number of halogens is 2. The van der Waals surface area contributed by atoms with Crippen molar-refractivity contribution in [2.24, 2.45) is 0 Å². The standard InChI is InChI=1S/C17H15ClFN3O4S2.C11H13N3O2S.CH4/c1-25-12-4-3-11(16(7-12)26-2)9-22(17-20-10-21-27-17)28(23,24)13-5-6-15(19)14(18)8-13;1-15-9-4-3-8(10(5-9)16-2)6-12-11-13-7-14-17-11;/h3-8,10H,9H2,1-2H3;3-5,7H,6H2,1-2H3,(H,12,13,14);1H4. The monoisotopic (exact) mass is 710 g/mol. The number of nitrogens with zero attached hydrogens (tertiary/aromatic N) is 5. The molecule has 0 bridgehead atoms. The second-order valence-corrected chi connectivity index (χ2v) is 12.6. The zero-order valence-electron chi connectivity index (χ0n) is 24.4. The highest BCUT2D eigenvalue weighted by Gasteiger charge is 2.29. The quantitative estimate of drug-likeness (QED) is 0.151. The lowest BCUT2D eigenvalue weighted by Crippen LogP contribution is -2.30. The van der Waals surface area contributed by atoms with Crippen molar-refractivity contribution < 1.29 is 31.8 Å². The third-order valence-corrected chi connectivity index (χ3v) is 9.58. The number of anilines is 2. The van der Waals surface area contributed by atoms with Gasteiger partial charge in [0, 0.05) is 52.9 Å².